The molecule has 120 heavy (non-hydrogen) atoms. The topological polar surface area (TPSA) is 551 Å². The van der Waals surface area contributed by atoms with Crippen LogP contribution in [0.2, 0.25) is 0 Å². The van der Waals surface area contributed by atoms with Gasteiger partial charge in [0.15, 0.2) is 6.10 Å². The second kappa shape index (κ2) is 54.3. The first-order chi connectivity index (χ1) is 56.6. The Morgan fingerprint density at radius 2 is 1.37 bits per heavy atom. The number of phosphoric acid groups is 2. The molecule has 1 aliphatic heterocycles. The van der Waals surface area contributed by atoms with E-state index in [4.69, 9.17) is 39.3 Å². The number of amides is 12. The summed E-state index contributed by atoms with van der Waals surface area (Å²) in [6, 6.07) is 7.07. The van der Waals surface area contributed by atoms with E-state index < -0.39 is 173 Å². The summed E-state index contributed by atoms with van der Waals surface area (Å²) < 4.78 is 62.5. The number of rotatable bonds is 41. The average Bonchev–Trinajstić information content (AvgIpc) is 0.831. The lowest BCUT2D eigenvalue weighted by molar-refractivity contribution is -0.155. The van der Waals surface area contributed by atoms with E-state index in [9.17, 15) is 81.2 Å². The molecule has 13 atom stereocenters. The molecule has 13 N–H and O–H groups in total. The number of esters is 2. The highest BCUT2D eigenvalue weighted by Crippen LogP contribution is 2.60. The van der Waals surface area contributed by atoms with Crippen LogP contribution in [0.3, 0.4) is 0 Å². The third-order valence-corrected chi connectivity index (χ3v) is 22.1. The summed E-state index contributed by atoms with van der Waals surface area (Å²) in [5.41, 5.74) is 15.6. The van der Waals surface area contributed by atoms with Gasteiger partial charge in [0.1, 0.15) is 55.1 Å². The number of azide groups is 1. The number of allylic oxidation sites excluding steroid dienone is 1. The molecule has 0 aromatic heterocycles. The molecule has 0 saturated carbocycles. The van der Waals surface area contributed by atoms with Gasteiger partial charge >= 0.3 is 45.8 Å². The molecular weight excluding hydrogens is 1600 g/mol. The number of benzene rings is 2. The second-order valence-corrected chi connectivity index (χ2v) is 33.2. The number of phosphoric ester groups is 2. The maximum Gasteiger partial charge on any atom is 0.481 e. The maximum atomic E-state index is 14.4. The van der Waals surface area contributed by atoms with E-state index in [1.165, 1.54) is 70.1 Å². The number of cyclic esters (lactones) is 2. The minimum Gasteiger partial charge on any atom is -0.456 e. The molecule has 0 fully saturated rings. The third kappa shape index (κ3) is 39.9. The number of unbranched alkanes of at least 4 members (excludes halogenated alkanes) is 6. The number of nitrogens with one attached hydrogen (secondary N) is 9. The van der Waals surface area contributed by atoms with E-state index in [0.29, 0.717) is 80.3 Å². The van der Waals surface area contributed by atoms with Crippen molar-refractivity contribution in [3.63, 3.8) is 0 Å². The van der Waals surface area contributed by atoms with Crippen LogP contribution in [-0.4, -0.2) is 212 Å². The molecule has 2 aromatic rings. The summed E-state index contributed by atoms with van der Waals surface area (Å²) in [5.74, 6) is -8.87. The third-order valence-electron chi connectivity index (χ3n) is 19.4. The van der Waals surface area contributed by atoms with E-state index >= 15 is 0 Å². The highest BCUT2D eigenvalue weighted by Gasteiger charge is 2.40. The largest absolute Gasteiger partial charge is 0.481 e. The molecule has 3 unspecified atom stereocenters. The number of carbonyl (C=O) groups is 13. The number of alkyl carbamates (subject to hydrolysis) is 2. The number of nitrogens with zero attached hydrogens (tertiary/aromatic N) is 5. The van der Waals surface area contributed by atoms with Crippen LogP contribution in [0.4, 0.5) is 20.1 Å². The minimum absolute atomic E-state index is 0.00214. The Kier molecular flexibility index (Phi) is 47.2. The van der Waals surface area contributed by atoms with Crippen LogP contribution in [0.1, 0.15) is 184 Å². The van der Waals surface area contributed by atoms with Gasteiger partial charge in [0.2, 0.25) is 41.4 Å². The fourth-order valence-electron chi connectivity index (χ4n) is 12.1. The highest BCUT2D eigenvalue weighted by molar-refractivity contribution is 7.61. The van der Waals surface area contributed by atoms with Gasteiger partial charge in [-0.15, -0.1) is 0 Å². The zero-order valence-electron chi connectivity index (χ0n) is 71.2. The predicted octanol–water partition coefficient (Wildman–Crippen LogP) is 7.98. The van der Waals surface area contributed by atoms with Gasteiger partial charge in [-0.3, -0.25) is 47.4 Å². The molecule has 2 aromatic carbocycles. The standard InChI is InChI=1S/C79H125N15O24P2/c1-15-51(7)67-72(100)87-56(12)76(104)117-68(52(8)16-2)54(10)62(38-33-53(9)75(103)115-63(45-49(3)4)70(98)86-55(11)73(101)94(14)61(46-57-29-22-20-23-30-57)74(102)93(13)47-65(96)91-67)116-79(107)83-39-25-18-17-19-27-43-113-119(108,109)118-120(110,111)114-44-42-84-78(106)112-48-58-34-36-59(37-35-58)88-69(97)60(31-28-40-82-77(80)105)89-71(99)66(50(5)6)90-64(95)32-24-21-26-41-85-92-81/h16,20,22-23,29-30,33-37,49-51,54-56,60-63,66-68H,15,17-19,21,24-28,31-32,38-48H2,1-14H3,(H,83,107)(H,84,106)(H,86,98)(H,87,100)(H,88,97)(H,89,99)(H,90,95)(H,91,96)(H,108,109)(H,110,111)(H3,80,82,105)/b52-16+,53-33+/t51?,54-,55-,56+,60+,61+,62-,63+,66+,67-,68+/m0/s1. The van der Waals surface area contributed by atoms with E-state index in [1.807, 2.05) is 0 Å². The maximum absolute atomic E-state index is 14.4. The van der Waals surface area contributed by atoms with Crippen molar-refractivity contribution in [1.29, 1.82) is 0 Å². The number of carbonyl (C=O) groups excluding carboxylic acids is 13. The van der Waals surface area contributed by atoms with E-state index in [2.05, 4.69) is 62.2 Å². The van der Waals surface area contributed by atoms with Crippen molar-refractivity contribution in [3.8, 4) is 0 Å². The number of hydrogen-bond acceptors (Lipinski definition) is 23. The van der Waals surface area contributed by atoms with E-state index in [1.54, 1.807) is 98.7 Å². The first-order valence-corrected chi connectivity index (χ1v) is 43.3. The Balaban J connectivity index is 1.61. The number of nitrogens with two attached hydrogens (primary N) is 1. The van der Waals surface area contributed by atoms with Crippen LogP contribution < -0.4 is 53.6 Å². The molecule has 670 valence electrons. The van der Waals surface area contributed by atoms with Gasteiger partial charge in [0.05, 0.1) is 19.8 Å². The first-order valence-electron chi connectivity index (χ1n) is 40.3. The van der Waals surface area contributed by atoms with Gasteiger partial charge in [-0.25, -0.2) is 33.1 Å². The normalized spacial score (nSPS) is 21.3. The summed E-state index contributed by atoms with van der Waals surface area (Å²) in [4.78, 5) is 202. The van der Waals surface area contributed by atoms with Crippen molar-refractivity contribution in [2.24, 2.45) is 34.5 Å². The number of primary amides is 1. The van der Waals surface area contributed by atoms with Gasteiger partial charge in [-0.05, 0) is 132 Å². The van der Waals surface area contributed by atoms with Crippen LogP contribution in [0.25, 0.3) is 10.4 Å². The monoisotopic (exact) mass is 1730 g/mol. The van der Waals surface area contributed by atoms with Crippen LogP contribution >= 0.6 is 15.6 Å². The molecule has 0 spiro atoms. The Bertz CT molecular complexity index is 3930. The number of urea groups is 1. The fourth-order valence-corrected chi connectivity index (χ4v) is 14.2. The lowest BCUT2D eigenvalue weighted by atomic mass is 9.90. The molecule has 3 rings (SSSR count). The Labute approximate surface area is 701 Å². The van der Waals surface area contributed by atoms with Crippen molar-refractivity contribution in [1.82, 2.24) is 52.3 Å². The van der Waals surface area contributed by atoms with Crippen LogP contribution in [-0.2, 0) is 102 Å². The molecule has 39 nitrogen and oxygen atoms in total. The highest BCUT2D eigenvalue weighted by atomic mass is 31.3. The quantitative estimate of drug-likeness (QED) is 0.00438. The van der Waals surface area contributed by atoms with Crippen molar-refractivity contribution < 1.29 is 114 Å². The SMILES string of the molecule is C/C=C(\C)[C@H]1OC(=O)[C@@H](C)NC(=O)[C@H](C(C)CC)NC(=O)CN(C)C(=O)[C@@H](Cc2ccccc2)N(C)C(=O)[C@H](C)NC(=O)[C@@H](CC(C)C)OC(=O)/C(C)=C/C[C@H](OC(=O)NCCCCCCCOP(=O)(O)OP(=O)(O)OCCNC(=O)OCc2ccc(NC(=O)[C@@H](CCCNC(N)=O)NC(=O)[C@H](NC(=O)CCCCCN=[N+]=[N-])C(C)C)cc2)[C@@H]1C. The predicted molar refractivity (Wildman–Crippen MR) is 442 cm³/mol. The van der Waals surface area contributed by atoms with Gasteiger partial charge < -0.3 is 92.1 Å². The molecule has 1 heterocycles. The van der Waals surface area contributed by atoms with Crippen LogP contribution in [0, 0.1) is 23.7 Å². The average molecular weight is 1730 g/mol. The van der Waals surface area contributed by atoms with E-state index in [-0.39, 0.29) is 94.6 Å². The summed E-state index contributed by atoms with van der Waals surface area (Å²) in [6.07, 6.45) is 2.11. The van der Waals surface area contributed by atoms with Gasteiger partial charge in [0.25, 0.3) is 5.91 Å². The molecule has 0 saturated heterocycles. The van der Waals surface area contributed by atoms with Gasteiger partial charge in [-0.1, -0.05) is 140 Å². The zero-order valence-corrected chi connectivity index (χ0v) is 73.0. The number of likely N-dealkylation sites (N-methyl/N-ethyl adjacent to an activating group) is 2. The molecule has 0 aliphatic carbocycles. The number of ether oxygens (including phenoxy) is 4. The zero-order chi connectivity index (χ0) is 89.8. The lowest BCUT2D eigenvalue weighted by Gasteiger charge is -2.33. The number of hydrogen-bond donors (Lipinski definition) is 12. The smallest absolute Gasteiger partial charge is 0.456 e. The second-order valence-electron chi connectivity index (χ2n) is 30.2. The summed E-state index contributed by atoms with van der Waals surface area (Å²) >= 11 is 0. The number of anilines is 1. The minimum atomic E-state index is -5.24. The molecular formula is C79H125N15O24P2. The summed E-state index contributed by atoms with van der Waals surface area (Å²) in [6.45, 7) is 18.1. The Hall–Kier alpha value is -10.0. The van der Waals surface area contributed by atoms with Gasteiger partial charge in [0, 0.05) is 81.6 Å². The fraction of sp³-hybridized carbons (Fsp3) is 0.633. The molecule has 12 amide bonds. The molecule has 0 radical (unpaired) electrons. The van der Waals surface area contributed by atoms with Crippen molar-refractivity contribution in [2.45, 2.75) is 241 Å². The lowest BCUT2D eigenvalue weighted by Crippen LogP contribution is -2.57. The summed E-state index contributed by atoms with van der Waals surface area (Å²) in [7, 11) is -7.64. The molecule has 1 aliphatic rings. The van der Waals surface area contributed by atoms with Crippen LogP contribution in [0.5, 0.6) is 0 Å². The van der Waals surface area contributed by atoms with Gasteiger partial charge in [-0.2, -0.15) is 4.31 Å². The molecule has 41 heteroatoms. The van der Waals surface area contributed by atoms with Crippen molar-refractivity contribution >= 4 is 98.7 Å². The Morgan fingerprint density at radius 1 is 0.742 bits per heavy atom. The summed E-state index contributed by atoms with van der Waals surface area (Å²) in [5, 5.41) is 27.1. The first kappa shape index (κ1) is 104. The van der Waals surface area contributed by atoms with Crippen LogP contribution in [0.15, 0.2) is 83.0 Å². The Morgan fingerprint density at radius 3 is 2.00 bits per heavy atom. The van der Waals surface area contributed by atoms with E-state index in [0.717, 1.165) is 4.90 Å². The van der Waals surface area contributed by atoms with Crippen molar-refractivity contribution in [3.05, 3.63) is 99.5 Å². The molecule has 0 bridgehead atoms. The van der Waals surface area contributed by atoms with Crippen molar-refractivity contribution in [2.75, 3.05) is 65.3 Å².